The molecule has 0 N–H and O–H groups in total. The second-order valence-corrected chi connectivity index (χ2v) is 3.19. The van der Waals surface area contributed by atoms with Gasteiger partial charge in [-0.25, -0.2) is 0 Å². The summed E-state index contributed by atoms with van der Waals surface area (Å²) in [5.74, 6) is 4.41. The molecule has 1 nitrogen and oxygen atoms in total. The summed E-state index contributed by atoms with van der Waals surface area (Å²) < 4.78 is 36.7. The minimum absolute atomic E-state index is 0.371. The predicted molar refractivity (Wildman–Crippen MR) is 58.1 cm³/mol. The Labute approximate surface area is 97.0 Å². The molecule has 17 heavy (non-hydrogen) atoms. The van der Waals surface area contributed by atoms with Crippen LogP contribution in [0.4, 0.5) is 13.2 Å². The molecule has 0 saturated heterocycles. The SMILES string of the molecule is C/C=C/C(=O)C#Cc1ccc(C(F)(F)F)cc1. The molecule has 4 heteroatoms. The third kappa shape index (κ3) is 4.15. The van der Waals surface area contributed by atoms with Gasteiger partial charge in [0.25, 0.3) is 0 Å². The fourth-order valence-corrected chi connectivity index (χ4v) is 1.07. The Hall–Kier alpha value is -2.02. The summed E-state index contributed by atoms with van der Waals surface area (Å²) >= 11 is 0. The average molecular weight is 238 g/mol. The van der Waals surface area contributed by atoms with Gasteiger partial charge in [0.2, 0.25) is 5.78 Å². The molecule has 0 aliphatic rings. The van der Waals surface area contributed by atoms with E-state index in [-0.39, 0.29) is 5.78 Å². The molecule has 0 amide bonds. The third-order valence-corrected chi connectivity index (χ3v) is 1.86. The molecule has 0 aliphatic heterocycles. The molecular weight excluding hydrogens is 229 g/mol. The van der Waals surface area contributed by atoms with Gasteiger partial charge in [-0.15, -0.1) is 0 Å². The van der Waals surface area contributed by atoms with Crippen LogP contribution < -0.4 is 0 Å². The van der Waals surface area contributed by atoms with Gasteiger partial charge in [0.1, 0.15) is 0 Å². The van der Waals surface area contributed by atoms with Gasteiger partial charge in [-0.2, -0.15) is 13.2 Å². The molecule has 88 valence electrons. The van der Waals surface area contributed by atoms with E-state index in [9.17, 15) is 18.0 Å². The van der Waals surface area contributed by atoms with Crippen molar-refractivity contribution in [1.82, 2.24) is 0 Å². The van der Waals surface area contributed by atoms with Crippen molar-refractivity contribution in [2.45, 2.75) is 13.1 Å². The van der Waals surface area contributed by atoms with E-state index in [4.69, 9.17) is 0 Å². The van der Waals surface area contributed by atoms with Gasteiger partial charge in [-0.3, -0.25) is 4.79 Å². The minimum atomic E-state index is -4.35. The number of carbonyl (C=O) groups excluding carboxylic acids is 1. The van der Waals surface area contributed by atoms with E-state index in [1.54, 1.807) is 13.0 Å². The smallest absolute Gasteiger partial charge is 0.280 e. The maximum atomic E-state index is 12.2. The Bertz CT molecular complexity index is 484. The van der Waals surface area contributed by atoms with Crippen LogP contribution in [0, 0.1) is 11.8 Å². The van der Waals surface area contributed by atoms with E-state index >= 15 is 0 Å². The second kappa shape index (κ2) is 5.35. The van der Waals surface area contributed by atoms with E-state index in [2.05, 4.69) is 11.8 Å². The van der Waals surface area contributed by atoms with E-state index in [0.717, 1.165) is 12.1 Å². The molecule has 0 saturated carbocycles. The zero-order valence-corrected chi connectivity index (χ0v) is 9.01. The summed E-state index contributed by atoms with van der Waals surface area (Å²) in [6.07, 6.45) is -1.52. The number of ketones is 1. The number of benzene rings is 1. The van der Waals surface area contributed by atoms with E-state index < -0.39 is 11.7 Å². The summed E-state index contributed by atoms with van der Waals surface area (Å²) in [6, 6.07) is 4.34. The highest BCUT2D eigenvalue weighted by Gasteiger charge is 2.29. The molecular formula is C13H9F3O. The van der Waals surface area contributed by atoms with Crippen LogP contribution in [0.25, 0.3) is 0 Å². The Balaban J connectivity index is 2.86. The van der Waals surface area contributed by atoms with Gasteiger partial charge >= 0.3 is 6.18 Å². The number of hydrogen-bond donors (Lipinski definition) is 0. The lowest BCUT2D eigenvalue weighted by molar-refractivity contribution is -0.137. The van der Waals surface area contributed by atoms with Gasteiger partial charge < -0.3 is 0 Å². The molecule has 0 radical (unpaired) electrons. The molecule has 0 unspecified atom stereocenters. The fraction of sp³-hybridized carbons (Fsp3) is 0.154. The van der Waals surface area contributed by atoms with Crippen molar-refractivity contribution < 1.29 is 18.0 Å². The van der Waals surface area contributed by atoms with Crippen molar-refractivity contribution in [3.63, 3.8) is 0 Å². The van der Waals surface area contributed by atoms with Crippen LogP contribution in [0.15, 0.2) is 36.4 Å². The number of allylic oxidation sites excluding steroid dienone is 2. The summed E-state index contributed by atoms with van der Waals surface area (Å²) in [5.41, 5.74) is -0.362. The maximum Gasteiger partial charge on any atom is 0.416 e. The van der Waals surface area contributed by atoms with E-state index in [1.807, 2.05) is 0 Å². The standard InChI is InChI=1S/C13H9F3O/c1-2-3-12(17)9-6-10-4-7-11(8-5-10)13(14,15)16/h2-5,7-8H,1H3/b3-2+. The molecule has 1 rings (SSSR count). The highest BCUT2D eigenvalue weighted by molar-refractivity contribution is 6.04. The van der Waals surface area contributed by atoms with Crippen molar-refractivity contribution >= 4 is 5.78 Å². The maximum absolute atomic E-state index is 12.2. The molecule has 1 aromatic carbocycles. The summed E-state index contributed by atoms with van der Waals surface area (Å²) in [5, 5.41) is 0. The number of carbonyl (C=O) groups is 1. The lowest BCUT2D eigenvalue weighted by Crippen LogP contribution is -2.04. The number of alkyl halides is 3. The Morgan fingerprint density at radius 1 is 1.24 bits per heavy atom. The van der Waals surface area contributed by atoms with E-state index in [0.29, 0.717) is 5.56 Å². The van der Waals surface area contributed by atoms with Crippen LogP contribution >= 0.6 is 0 Å². The normalized spacial score (nSPS) is 11.1. The molecule has 0 bridgehead atoms. The molecule has 0 aliphatic carbocycles. The minimum Gasteiger partial charge on any atom is -0.280 e. The van der Waals surface area contributed by atoms with Crippen LogP contribution in [0.2, 0.25) is 0 Å². The van der Waals surface area contributed by atoms with Gasteiger partial charge in [0.15, 0.2) is 0 Å². The highest BCUT2D eigenvalue weighted by atomic mass is 19.4. The number of halogens is 3. The molecule has 0 spiro atoms. The predicted octanol–water partition coefficient (Wildman–Crippen LogP) is 3.20. The molecule has 1 aromatic rings. The Morgan fingerprint density at radius 3 is 2.29 bits per heavy atom. The van der Waals surface area contributed by atoms with Crippen molar-refractivity contribution in [2.75, 3.05) is 0 Å². The highest BCUT2D eigenvalue weighted by Crippen LogP contribution is 2.28. The van der Waals surface area contributed by atoms with E-state index in [1.165, 1.54) is 18.2 Å². The lowest BCUT2D eigenvalue weighted by atomic mass is 10.1. The molecule has 0 atom stereocenters. The van der Waals surface area contributed by atoms with Gasteiger partial charge in [-0.1, -0.05) is 12.0 Å². The Kier molecular flexibility index (Phi) is 4.11. The topological polar surface area (TPSA) is 17.1 Å². The van der Waals surface area contributed by atoms with Gasteiger partial charge in [-0.05, 0) is 43.2 Å². The zero-order valence-electron chi connectivity index (χ0n) is 9.01. The van der Waals surface area contributed by atoms with Crippen LogP contribution in [0.1, 0.15) is 18.1 Å². The first-order valence-corrected chi connectivity index (χ1v) is 4.79. The van der Waals surface area contributed by atoms with Gasteiger partial charge in [0.05, 0.1) is 5.56 Å². The van der Waals surface area contributed by atoms with Crippen molar-refractivity contribution in [3.8, 4) is 11.8 Å². The summed E-state index contributed by atoms with van der Waals surface area (Å²) in [7, 11) is 0. The first kappa shape index (κ1) is 13.0. The monoisotopic (exact) mass is 238 g/mol. The van der Waals surface area contributed by atoms with Crippen molar-refractivity contribution in [3.05, 3.63) is 47.5 Å². The quantitative estimate of drug-likeness (QED) is 0.542. The lowest BCUT2D eigenvalue weighted by Gasteiger charge is -2.05. The zero-order chi connectivity index (χ0) is 12.9. The average Bonchev–Trinajstić information content (AvgIpc) is 2.26. The number of hydrogen-bond acceptors (Lipinski definition) is 1. The van der Waals surface area contributed by atoms with Crippen molar-refractivity contribution in [2.24, 2.45) is 0 Å². The van der Waals surface area contributed by atoms with Gasteiger partial charge in [0, 0.05) is 5.56 Å². The molecule has 0 fully saturated rings. The second-order valence-electron chi connectivity index (χ2n) is 3.19. The largest absolute Gasteiger partial charge is 0.416 e. The van der Waals surface area contributed by atoms with Crippen LogP contribution in [-0.4, -0.2) is 5.78 Å². The summed E-state index contributed by atoms with van der Waals surface area (Å²) in [6.45, 7) is 1.68. The molecule has 0 aromatic heterocycles. The number of rotatable bonds is 1. The molecule has 0 heterocycles. The first-order chi connectivity index (χ1) is 7.93. The summed E-state index contributed by atoms with van der Waals surface area (Å²) in [4.78, 5) is 11.0. The first-order valence-electron chi connectivity index (χ1n) is 4.79. The van der Waals surface area contributed by atoms with Crippen molar-refractivity contribution in [1.29, 1.82) is 0 Å². The van der Waals surface area contributed by atoms with Crippen LogP contribution in [0.5, 0.6) is 0 Å². The van der Waals surface area contributed by atoms with Crippen LogP contribution in [0.3, 0.4) is 0 Å². The fourth-order valence-electron chi connectivity index (χ4n) is 1.07. The Morgan fingerprint density at radius 2 is 1.82 bits per heavy atom. The van der Waals surface area contributed by atoms with Crippen LogP contribution in [-0.2, 0) is 11.0 Å². The third-order valence-electron chi connectivity index (χ3n) is 1.86.